The van der Waals surface area contributed by atoms with Crippen LogP contribution in [-0.2, 0) is 16.1 Å². The van der Waals surface area contributed by atoms with E-state index in [1.807, 2.05) is 63.2 Å². The largest absolute Gasteiger partial charge is 0.497 e. The average Bonchev–Trinajstić information content (AvgIpc) is 2.74. The zero-order chi connectivity index (χ0) is 21.4. The SMILES string of the molecule is CC[C@@H](C(=O)NC)N(Cc1ccc(OC)cc1)C(=O)COc1cccc(C)c1C. The first kappa shape index (κ1) is 22.3. The fraction of sp³-hybridized carbons (Fsp3) is 0.391. The molecule has 0 unspecified atom stereocenters. The second kappa shape index (κ2) is 10.5. The number of hydrogen-bond donors (Lipinski definition) is 1. The Hall–Kier alpha value is -3.02. The van der Waals surface area contributed by atoms with E-state index in [1.165, 1.54) is 0 Å². The van der Waals surface area contributed by atoms with Crippen molar-refractivity contribution in [2.24, 2.45) is 0 Å². The minimum atomic E-state index is -0.572. The Bertz CT molecular complexity index is 833. The van der Waals surface area contributed by atoms with Gasteiger partial charge in [0.15, 0.2) is 6.61 Å². The Balaban J connectivity index is 2.21. The fourth-order valence-corrected chi connectivity index (χ4v) is 3.12. The Labute approximate surface area is 172 Å². The lowest BCUT2D eigenvalue weighted by Gasteiger charge is -2.30. The molecule has 1 N–H and O–H groups in total. The lowest BCUT2D eigenvalue weighted by Crippen LogP contribution is -2.49. The summed E-state index contributed by atoms with van der Waals surface area (Å²) in [7, 11) is 3.18. The molecule has 2 rings (SSSR count). The Morgan fingerprint density at radius 2 is 1.79 bits per heavy atom. The van der Waals surface area contributed by atoms with Gasteiger partial charge in [-0.3, -0.25) is 9.59 Å². The minimum absolute atomic E-state index is 0.131. The highest BCUT2D eigenvalue weighted by Gasteiger charge is 2.28. The van der Waals surface area contributed by atoms with Gasteiger partial charge in [0.05, 0.1) is 7.11 Å². The van der Waals surface area contributed by atoms with Crippen molar-refractivity contribution in [2.45, 2.75) is 39.8 Å². The van der Waals surface area contributed by atoms with Gasteiger partial charge in [-0.2, -0.15) is 0 Å². The molecule has 156 valence electrons. The number of nitrogens with one attached hydrogen (secondary N) is 1. The molecular weight excluding hydrogens is 368 g/mol. The zero-order valence-electron chi connectivity index (χ0n) is 17.8. The third-order valence-electron chi connectivity index (χ3n) is 5.05. The van der Waals surface area contributed by atoms with Crippen LogP contribution < -0.4 is 14.8 Å². The molecule has 0 radical (unpaired) electrons. The van der Waals surface area contributed by atoms with Crippen LogP contribution in [0.1, 0.15) is 30.0 Å². The topological polar surface area (TPSA) is 67.9 Å². The summed E-state index contributed by atoms with van der Waals surface area (Å²) >= 11 is 0. The van der Waals surface area contributed by atoms with Crippen LogP contribution in [0.25, 0.3) is 0 Å². The average molecular weight is 399 g/mol. The molecule has 0 aliphatic carbocycles. The quantitative estimate of drug-likeness (QED) is 0.704. The van der Waals surface area contributed by atoms with Crippen molar-refractivity contribution >= 4 is 11.8 Å². The normalized spacial score (nSPS) is 11.5. The van der Waals surface area contributed by atoms with Gasteiger partial charge in [0.25, 0.3) is 5.91 Å². The highest BCUT2D eigenvalue weighted by Crippen LogP contribution is 2.21. The van der Waals surface area contributed by atoms with Crippen molar-refractivity contribution in [1.82, 2.24) is 10.2 Å². The maximum atomic E-state index is 13.1. The van der Waals surface area contributed by atoms with E-state index in [9.17, 15) is 9.59 Å². The van der Waals surface area contributed by atoms with Gasteiger partial charge in [-0.15, -0.1) is 0 Å². The first-order chi connectivity index (χ1) is 13.9. The number of ether oxygens (including phenoxy) is 2. The van der Waals surface area contributed by atoms with E-state index in [2.05, 4.69) is 5.32 Å². The van der Waals surface area contributed by atoms with Gasteiger partial charge < -0.3 is 19.7 Å². The monoisotopic (exact) mass is 398 g/mol. The van der Waals surface area contributed by atoms with E-state index in [0.717, 1.165) is 22.4 Å². The fourth-order valence-electron chi connectivity index (χ4n) is 3.12. The van der Waals surface area contributed by atoms with Gasteiger partial charge in [0.2, 0.25) is 5.91 Å². The summed E-state index contributed by atoms with van der Waals surface area (Å²) < 4.78 is 11.0. The van der Waals surface area contributed by atoms with Gasteiger partial charge in [0, 0.05) is 13.6 Å². The Morgan fingerprint density at radius 1 is 1.10 bits per heavy atom. The van der Waals surface area contributed by atoms with Crippen LogP contribution in [0.15, 0.2) is 42.5 Å². The van der Waals surface area contributed by atoms with Crippen LogP contribution in [0.2, 0.25) is 0 Å². The summed E-state index contributed by atoms with van der Waals surface area (Å²) in [6.45, 7) is 6.03. The molecule has 6 nitrogen and oxygen atoms in total. The molecule has 2 aromatic rings. The highest BCUT2D eigenvalue weighted by molar-refractivity contribution is 5.88. The smallest absolute Gasteiger partial charge is 0.261 e. The molecule has 1 atom stereocenters. The molecule has 2 aromatic carbocycles. The van der Waals surface area contributed by atoms with Gasteiger partial charge in [0.1, 0.15) is 17.5 Å². The summed E-state index contributed by atoms with van der Waals surface area (Å²) in [6, 6.07) is 12.6. The number of amides is 2. The van der Waals surface area contributed by atoms with Crippen molar-refractivity contribution in [3.63, 3.8) is 0 Å². The van der Waals surface area contributed by atoms with Crippen LogP contribution in [0.3, 0.4) is 0 Å². The second-order valence-electron chi connectivity index (χ2n) is 6.89. The van der Waals surface area contributed by atoms with E-state index in [-0.39, 0.29) is 18.4 Å². The molecule has 0 aliphatic heterocycles. The number of likely N-dealkylation sites (N-methyl/N-ethyl adjacent to an activating group) is 1. The van der Waals surface area contributed by atoms with Crippen molar-refractivity contribution in [1.29, 1.82) is 0 Å². The molecule has 6 heteroatoms. The molecule has 0 bridgehead atoms. The molecule has 0 fully saturated rings. The zero-order valence-corrected chi connectivity index (χ0v) is 17.8. The van der Waals surface area contributed by atoms with Gasteiger partial charge in [-0.1, -0.05) is 31.2 Å². The van der Waals surface area contributed by atoms with Gasteiger partial charge in [-0.25, -0.2) is 0 Å². The third kappa shape index (κ3) is 5.73. The standard InChI is InChI=1S/C23H30N2O4/c1-6-20(23(27)24-4)25(14-18-10-12-19(28-5)13-11-18)22(26)15-29-21-9-7-8-16(2)17(21)3/h7-13,20H,6,14-15H2,1-5H3,(H,24,27)/t20-/m0/s1. The predicted molar refractivity (Wildman–Crippen MR) is 113 cm³/mol. The summed E-state index contributed by atoms with van der Waals surface area (Å²) in [4.78, 5) is 27.0. The third-order valence-corrected chi connectivity index (χ3v) is 5.05. The molecule has 0 saturated carbocycles. The maximum absolute atomic E-state index is 13.1. The number of methoxy groups -OCH3 is 1. The molecule has 0 aromatic heterocycles. The van der Waals surface area contributed by atoms with Crippen molar-refractivity contribution in [3.05, 3.63) is 59.2 Å². The second-order valence-corrected chi connectivity index (χ2v) is 6.89. The highest BCUT2D eigenvalue weighted by atomic mass is 16.5. The Morgan fingerprint density at radius 3 is 2.38 bits per heavy atom. The van der Waals surface area contributed by atoms with Crippen LogP contribution in [-0.4, -0.2) is 43.5 Å². The van der Waals surface area contributed by atoms with E-state index in [4.69, 9.17) is 9.47 Å². The first-order valence-electron chi connectivity index (χ1n) is 9.74. The predicted octanol–water partition coefficient (Wildman–Crippen LogP) is 3.24. The van der Waals surface area contributed by atoms with E-state index in [0.29, 0.717) is 18.7 Å². The maximum Gasteiger partial charge on any atom is 0.261 e. The molecule has 0 heterocycles. The van der Waals surface area contributed by atoms with Crippen LogP contribution >= 0.6 is 0 Å². The number of nitrogens with zero attached hydrogens (tertiary/aromatic N) is 1. The van der Waals surface area contributed by atoms with Crippen LogP contribution in [0, 0.1) is 13.8 Å². The van der Waals surface area contributed by atoms with Crippen molar-refractivity contribution in [3.8, 4) is 11.5 Å². The summed E-state index contributed by atoms with van der Waals surface area (Å²) in [5.41, 5.74) is 3.01. The lowest BCUT2D eigenvalue weighted by atomic mass is 10.1. The van der Waals surface area contributed by atoms with E-state index >= 15 is 0 Å². The molecule has 0 aliphatic rings. The van der Waals surface area contributed by atoms with Crippen molar-refractivity contribution < 1.29 is 19.1 Å². The molecule has 2 amide bonds. The number of hydrogen-bond acceptors (Lipinski definition) is 4. The van der Waals surface area contributed by atoms with Crippen LogP contribution in [0.5, 0.6) is 11.5 Å². The molecule has 29 heavy (non-hydrogen) atoms. The molecule has 0 saturated heterocycles. The lowest BCUT2D eigenvalue weighted by molar-refractivity contribution is -0.142. The molecule has 0 spiro atoms. The van der Waals surface area contributed by atoms with E-state index < -0.39 is 6.04 Å². The number of benzene rings is 2. The number of carbonyl (C=O) groups is 2. The number of carbonyl (C=O) groups excluding carboxylic acids is 2. The Kier molecular flexibility index (Phi) is 8.07. The van der Waals surface area contributed by atoms with Gasteiger partial charge in [-0.05, 0) is 55.2 Å². The summed E-state index contributed by atoms with van der Waals surface area (Å²) in [6.07, 6.45) is 0.505. The van der Waals surface area contributed by atoms with Crippen molar-refractivity contribution in [2.75, 3.05) is 20.8 Å². The van der Waals surface area contributed by atoms with E-state index in [1.54, 1.807) is 19.1 Å². The number of rotatable bonds is 9. The van der Waals surface area contributed by atoms with Crippen LogP contribution in [0.4, 0.5) is 0 Å². The first-order valence-corrected chi connectivity index (χ1v) is 9.74. The summed E-state index contributed by atoms with van der Waals surface area (Å²) in [5, 5.41) is 2.65. The van der Waals surface area contributed by atoms with Gasteiger partial charge >= 0.3 is 0 Å². The number of aryl methyl sites for hydroxylation is 1. The summed E-state index contributed by atoms with van der Waals surface area (Å²) in [5.74, 6) is 0.984. The minimum Gasteiger partial charge on any atom is -0.497 e. The molecular formula is C23H30N2O4.